The van der Waals surface area contributed by atoms with Crippen LogP contribution in [0.1, 0.15) is 5.56 Å². The second-order valence-corrected chi connectivity index (χ2v) is 5.99. The third kappa shape index (κ3) is 11.3. The molecule has 1 aromatic rings. The Morgan fingerprint density at radius 3 is 2.09 bits per heavy atom. The van der Waals surface area contributed by atoms with E-state index in [2.05, 4.69) is 22.6 Å². The van der Waals surface area contributed by atoms with Gasteiger partial charge in [0.15, 0.2) is 0 Å². The van der Waals surface area contributed by atoms with Crippen molar-refractivity contribution in [3.05, 3.63) is 27.3 Å². The highest BCUT2D eigenvalue weighted by Gasteiger charge is 2.04. The van der Waals surface area contributed by atoms with Crippen molar-refractivity contribution in [2.24, 2.45) is 0 Å². The maximum Gasteiger partial charge on any atom is 0.128 e. The number of rotatable bonds is 9. The Bertz CT molecular complexity index is 443. The van der Waals surface area contributed by atoms with Crippen LogP contribution in [0.5, 0.6) is 5.75 Å². The molecule has 1 aromatic carbocycles. The molecule has 0 amide bonds. The maximum atomic E-state index is 10.1. The summed E-state index contributed by atoms with van der Waals surface area (Å²) in [6.07, 6.45) is 0. The van der Waals surface area contributed by atoms with Crippen LogP contribution in [0.25, 0.3) is 0 Å². The predicted octanol–water partition coefficient (Wildman–Crippen LogP) is -2.42. The van der Waals surface area contributed by atoms with Crippen LogP contribution in [0, 0.1) is 10.5 Å². The minimum absolute atomic E-state index is 0.106. The summed E-state index contributed by atoms with van der Waals surface area (Å²) in [7, 11) is 0. The third-order valence-electron chi connectivity index (χ3n) is 2.88. The van der Waals surface area contributed by atoms with E-state index in [1.165, 1.54) is 0 Å². The first-order valence-electron chi connectivity index (χ1n) is 7.19. The standard InChI is InChI=1S/C9H9IO3.C6H15NO3/c1-6-4-7(10)2-3-8(6)13-5-9(11)12;8-4-1-7(2-5-9)3-6-10/h2-4H,5H2,1H3,(H,11,12);8-10H,1-6H2. The molecule has 8 heteroatoms. The van der Waals surface area contributed by atoms with Crippen LogP contribution in [0.15, 0.2) is 18.2 Å². The molecule has 0 saturated heterocycles. The number of carboxylic acid groups (broad SMARTS) is 1. The largest absolute Gasteiger partial charge is 0.546 e. The zero-order chi connectivity index (χ0) is 17.7. The van der Waals surface area contributed by atoms with Gasteiger partial charge in [0.1, 0.15) is 32.0 Å². The second kappa shape index (κ2) is 13.5. The zero-order valence-corrected chi connectivity index (χ0v) is 15.3. The van der Waals surface area contributed by atoms with Crippen LogP contribution in [0.4, 0.5) is 0 Å². The number of benzene rings is 1. The minimum atomic E-state index is -1.21. The number of hydrogen-bond acceptors (Lipinski definition) is 6. The van der Waals surface area contributed by atoms with E-state index in [1.54, 1.807) is 6.07 Å². The van der Waals surface area contributed by atoms with Crippen LogP contribution < -0.4 is 14.7 Å². The number of aliphatic hydroxyl groups is 3. The van der Waals surface area contributed by atoms with Crippen LogP contribution in [0.2, 0.25) is 0 Å². The molecule has 0 radical (unpaired) electrons. The normalized spacial score (nSPS) is 10.2. The van der Waals surface area contributed by atoms with Crippen LogP contribution >= 0.6 is 22.6 Å². The van der Waals surface area contributed by atoms with Crippen molar-refractivity contribution in [3.8, 4) is 5.75 Å². The van der Waals surface area contributed by atoms with Gasteiger partial charge < -0.3 is 34.9 Å². The molecule has 4 N–H and O–H groups in total. The summed E-state index contributed by atoms with van der Waals surface area (Å²) in [4.78, 5) is 11.1. The number of carbonyl (C=O) groups is 1. The quantitative estimate of drug-likeness (QED) is 0.317. The number of aliphatic hydroxyl groups excluding tert-OH is 3. The zero-order valence-electron chi connectivity index (χ0n) is 13.1. The summed E-state index contributed by atoms with van der Waals surface area (Å²) < 4.78 is 6.08. The molecule has 0 aromatic heterocycles. The number of ether oxygens (including phenoxy) is 1. The first-order chi connectivity index (χ1) is 10.9. The number of halogens is 1. The van der Waals surface area contributed by atoms with E-state index in [1.807, 2.05) is 19.1 Å². The number of quaternary nitrogens is 1. The first-order valence-corrected chi connectivity index (χ1v) is 8.27. The number of hydrogen-bond donors (Lipinski definition) is 4. The molecule has 0 spiro atoms. The van der Waals surface area contributed by atoms with Gasteiger partial charge in [0.2, 0.25) is 0 Å². The van der Waals surface area contributed by atoms with Crippen LogP contribution in [-0.2, 0) is 4.79 Å². The van der Waals surface area contributed by atoms with Gasteiger partial charge in [-0.05, 0) is 53.3 Å². The van der Waals surface area contributed by atoms with Crippen molar-refractivity contribution in [1.82, 2.24) is 0 Å². The number of aryl methyl sites for hydroxylation is 1. The molecule has 0 aliphatic heterocycles. The van der Waals surface area contributed by atoms with Crippen LogP contribution in [0.3, 0.4) is 0 Å². The molecule has 132 valence electrons. The lowest BCUT2D eigenvalue weighted by atomic mass is 10.2. The van der Waals surface area contributed by atoms with Gasteiger partial charge in [-0.15, -0.1) is 0 Å². The highest BCUT2D eigenvalue weighted by atomic mass is 127. The van der Waals surface area contributed by atoms with Crippen LogP contribution in [-0.4, -0.2) is 67.4 Å². The van der Waals surface area contributed by atoms with E-state index in [0.29, 0.717) is 25.4 Å². The Balaban J connectivity index is 0.000000438. The molecular formula is C15H24INO6. The Morgan fingerprint density at radius 1 is 1.17 bits per heavy atom. The van der Waals surface area contributed by atoms with E-state index in [4.69, 9.17) is 20.1 Å². The number of nitrogens with one attached hydrogen (secondary N) is 1. The van der Waals surface area contributed by atoms with E-state index >= 15 is 0 Å². The van der Waals surface area contributed by atoms with Gasteiger partial charge in [0.05, 0.1) is 25.8 Å². The lowest BCUT2D eigenvalue weighted by Crippen LogP contribution is -3.13. The van der Waals surface area contributed by atoms with Crippen molar-refractivity contribution < 1.29 is 34.9 Å². The van der Waals surface area contributed by atoms with Gasteiger partial charge in [-0.2, -0.15) is 0 Å². The van der Waals surface area contributed by atoms with E-state index < -0.39 is 12.6 Å². The van der Waals surface area contributed by atoms with Gasteiger partial charge in [0.25, 0.3) is 0 Å². The average molecular weight is 441 g/mol. The Morgan fingerprint density at radius 2 is 1.70 bits per heavy atom. The van der Waals surface area contributed by atoms with E-state index in [9.17, 15) is 9.90 Å². The van der Waals surface area contributed by atoms with E-state index in [-0.39, 0.29) is 19.8 Å². The molecule has 0 aliphatic carbocycles. The summed E-state index contributed by atoms with van der Waals surface area (Å²) in [5.41, 5.74) is 0.924. The molecule has 0 unspecified atom stereocenters. The third-order valence-corrected chi connectivity index (χ3v) is 3.55. The summed E-state index contributed by atoms with van der Waals surface area (Å²) >= 11 is 2.18. The van der Waals surface area contributed by atoms with Gasteiger partial charge in [-0.25, -0.2) is 0 Å². The second-order valence-electron chi connectivity index (χ2n) is 4.74. The van der Waals surface area contributed by atoms with Gasteiger partial charge in [0, 0.05) is 3.57 Å². The Labute approximate surface area is 149 Å². The SMILES string of the molecule is Cc1cc(I)ccc1OCC(=O)[O-].OCC[NH+](CCO)CCO. The van der Waals surface area contributed by atoms with Crippen molar-refractivity contribution >= 4 is 28.6 Å². The van der Waals surface area contributed by atoms with Crippen molar-refractivity contribution in [1.29, 1.82) is 0 Å². The summed E-state index contributed by atoms with van der Waals surface area (Å²) in [5, 5.41) is 35.6. The molecule has 23 heavy (non-hydrogen) atoms. The highest BCUT2D eigenvalue weighted by Crippen LogP contribution is 2.19. The van der Waals surface area contributed by atoms with Crippen molar-refractivity contribution in [2.45, 2.75) is 6.92 Å². The lowest BCUT2D eigenvalue weighted by Gasteiger charge is -2.15. The summed E-state index contributed by atoms with van der Waals surface area (Å²) in [6, 6.07) is 5.53. The van der Waals surface area contributed by atoms with Gasteiger partial charge >= 0.3 is 0 Å². The van der Waals surface area contributed by atoms with Crippen molar-refractivity contribution in [2.75, 3.05) is 46.1 Å². The molecule has 0 atom stereocenters. The average Bonchev–Trinajstić information content (AvgIpc) is 2.48. The molecule has 0 saturated carbocycles. The minimum Gasteiger partial charge on any atom is -0.546 e. The molecule has 0 bridgehead atoms. The number of carbonyl (C=O) groups excluding carboxylic acids is 1. The summed E-state index contributed by atoms with van der Waals surface area (Å²) in [6.45, 7) is 3.58. The molecule has 1 rings (SSSR count). The van der Waals surface area contributed by atoms with Gasteiger partial charge in [-0.3, -0.25) is 0 Å². The van der Waals surface area contributed by atoms with Gasteiger partial charge in [-0.1, -0.05) is 0 Å². The maximum absolute atomic E-state index is 10.1. The molecule has 7 nitrogen and oxygen atoms in total. The summed E-state index contributed by atoms with van der Waals surface area (Å²) in [5.74, 6) is -0.623. The Kier molecular flexibility index (Phi) is 12.9. The Hall–Kier alpha value is -0.940. The lowest BCUT2D eigenvalue weighted by molar-refractivity contribution is -0.901. The molecular weight excluding hydrogens is 417 g/mol. The smallest absolute Gasteiger partial charge is 0.128 e. The number of carboxylic acids is 1. The first kappa shape index (κ1) is 22.1. The highest BCUT2D eigenvalue weighted by molar-refractivity contribution is 14.1. The number of aliphatic carboxylic acids is 1. The molecule has 0 aliphatic rings. The fourth-order valence-corrected chi connectivity index (χ4v) is 2.41. The fourth-order valence-electron chi connectivity index (χ4n) is 1.76. The molecule has 0 fully saturated rings. The topological polar surface area (TPSA) is 114 Å². The molecule has 0 heterocycles. The fraction of sp³-hybridized carbons (Fsp3) is 0.533. The van der Waals surface area contributed by atoms with Crippen molar-refractivity contribution in [3.63, 3.8) is 0 Å². The van der Waals surface area contributed by atoms with E-state index in [0.717, 1.165) is 14.0 Å². The predicted molar refractivity (Wildman–Crippen MR) is 91.2 cm³/mol. The monoisotopic (exact) mass is 441 g/mol.